The molecule has 0 fully saturated rings. The van der Waals surface area contributed by atoms with Crippen LogP contribution in [0.1, 0.15) is 25.0 Å². The lowest BCUT2D eigenvalue weighted by atomic mass is 10.1. The highest BCUT2D eigenvalue weighted by Gasteiger charge is 2.13. The van der Waals surface area contributed by atoms with Gasteiger partial charge in [-0.15, -0.1) is 0 Å². The highest BCUT2D eigenvalue weighted by Crippen LogP contribution is 2.16. The van der Waals surface area contributed by atoms with Crippen LogP contribution in [0.4, 0.5) is 11.8 Å². The summed E-state index contributed by atoms with van der Waals surface area (Å²) in [4.78, 5) is 10.4. The van der Waals surface area contributed by atoms with Gasteiger partial charge in [0.05, 0.1) is 0 Å². The first-order chi connectivity index (χ1) is 9.56. The highest BCUT2D eigenvalue weighted by atomic mass is 15.1. The van der Waals surface area contributed by atoms with Gasteiger partial charge >= 0.3 is 0 Å². The zero-order valence-corrected chi connectivity index (χ0v) is 12.0. The van der Waals surface area contributed by atoms with E-state index in [1.54, 1.807) is 6.20 Å². The van der Waals surface area contributed by atoms with Gasteiger partial charge in [-0.1, -0.05) is 30.3 Å². The molecule has 1 aromatic carbocycles. The van der Waals surface area contributed by atoms with Crippen molar-refractivity contribution in [3.63, 3.8) is 0 Å². The van der Waals surface area contributed by atoms with Crippen molar-refractivity contribution >= 4 is 11.8 Å². The van der Waals surface area contributed by atoms with Crippen LogP contribution >= 0.6 is 0 Å². The minimum atomic E-state index is 0.213. The summed E-state index contributed by atoms with van der Waals surface area (Å²) in [6.07, 6.45) is 1.71. The van der Waals surface area contributed by atoms with E-state index in [2.05, 4.69) is 53.0 Å². The molecule has 0 bridgehead atoms. The Balaban J connectivity index is 2.13. The van der Waals surface area contributed by atoms with Gasteiger partial charge in [0.15, 0.2) is 0 Å². The van der Waals surface area contributed by atoms with Gasteiger partial charge in [0.1, 0.15) is 5.82 Å². The molecule has 0 radical (unpaired) electrons. The van der Waals surface area contributed by atoms with Gasteiger partial charge in [0.2, 0.25) is 5.95 Å². The number of nitrogens with zero attached hydrogens (tertiary/aromatic N) is 3. The van der Waals surface area contributed by atoms with Crippen LogP contribution in [0.15, 0.2) is 36.5 Å². The van der Waals surface area contributed by atoms with Gasteiger partial charge in [0, 0.05) is 30.9 Å². The van der Waals surface area contributed by atoms with Crippen molar-refractivity contribution < 1.29 is 0 Å². The van der Waals surface area contributed by atoms with Gasteiger partial charge in [-0.05, 0) is 19.4 Å². The van der Waals surface area contributed by atoms with Crippen LogP contribution in [0.5, 0.6) is 0 Å². The van der Waals surface area contributed by atoms with Gasteiger partial charge in [0.25, 0.3) is 0 Å². The molecule has 5 heteroatoms. The number of anilines is 2. The van der Waals surface area contributed by atoms with Gasteiger partial charge < -0.3 is 11.5 Å². The second-order valence-electron chi connectivity index (χ2n) is 5.12. The van der Waals surface area contributed by atoms with Gasteiger partial charge in [-0.2, -0.15) is 4.98 Å². The number of benzene rings is 1. The molecule has 0 amide bonds. The lowest BCUT2D eigenvalue weighted by molar-refractivity contribution is 0.203. The highest BCUT2D eigenvalue weighted by molar-refractivity contribution is 5.41. The predicted molar refractivity (Wildman–Crippen MR) is 81.7 cm³/mol. The number of aromatic nitrogens is 2. The lowest BCUT2D eigenvalue weighted by Gasteiger charge is -2.26. The molecule has 2 aromatic rings. The smallest absolute Gasteiger partial charge is 0.221 e. The zero-order valence-electron chi connectivity index (χ0n) is 12.0. The summed E-state index contributed by atoms with van der Waals surface area (Å²) in [5.74, 6) is 0.668. The second kappa shape index (κ2) is 6.34. The van der Waals surface area contributed by atoms with E-state index in [4.69, 9.17) is 11.5 Å². The van der Waals surface area contributed by atoms with Crippen LogP contribution in [0.3, 0.4) is 0 Å². The van der Waals surface area contributed by atoms with Crippen LogP contribution in [0.25, 0.3) is 0 Å². The van der Waals surface area contributed by atoms with Gasteiger partial charge in [-0.3, -0.25) is 4.90 Å². The molecule has 0 aliphatic carbocycles. The Hall–Kier alpha value is -2.14. The van der Waals surface area contributed by atoms with E-state index in [0.717, 1.165) is 12.1 Å². The van der Waals surface area contributed by atoms with Gasteiger partial charge in [-0.25, -0.2) is 4.98 Å². The summed E-state index contributed by atoms with van der Waals surface area (Å²) in [5, 5.41) is 0. The van der Waals surface area contributed by atoms with E-state index in [9.17, 15) is 0 Å². The first-order valence-electron chi connectivity index (χ1n) is 6.71. The molecular weight excluding hydrogens is 250 g/mol. The Labute approximate surface area is 119 Å². The zero-order chi connectivity index (χ0) is 14.5. The molecule has 4 N–H and O–H groups in total. The van der Waals surface area contributed by atoms with Crippen molar-refractivity contribution in [3.05, 3.63) is 47.7 Å². The quantitative estimate of drug-likeness (QED) is 0.870. The lowest BCUT2D eigenvalue weighted by Crippen LogP contribution is -2.30. The SMILES string of the molecule is CC(C)N(Cc1ccccc1)Cc1cnc(N)nc1N. The number of rotatable bonds is 5. The van der Waals surface area contributed by atoms with Crippen molar-refractivity contribution in [2.75, 3.05) is 11.5 Å². The molecule has 1 heterocycles. The summed E-state index contributed by atoms with van der Waals surface area (Å²) in [6, 6.07) is 10.8. The fourth-order valence-corrected chi connectivity index (χ4v) is 2.01. The fourth-order valence-electron chi connectivity index (χ4n) is 2.01. The summed E-state index contributed by atoms with van der Waals surface area (Å²) < 4.78 is 0. The molecule has 20 heavy (non-hydrogen) atoms. The van der Waals surface area contributed by atoms with Crippen molar-refractivity contribution in [3.8, 4) is 0 Å². The third-order valence-corrected chi connectivity index (χ3v) is 3.25. The Bertz CT molecular complexity index is 553. The minimum Gasteiger partial charge on any atom is -0.383 e. The maximum atomic E-state index is 5.91. The molecular formula is C15H21N5. The van der Waals surface area contributed by atoms with Crippen molar-refractivity contribution in [1.29, 1.82) is 0 Å². The molecule has 0 atom stereocenters. The van der Waals surface area contributed by atoms with E-state index in [1.807, 2.05) is 6.07 Å². The Morgan fingerprint density at radius 2 is 1.80 bits per heavy atom. The summed E-state index contributed by atoms with van der Waals surface area (Å²) >= 11 is 0. The molecule has 0 saturated carbocycles. The summed E-state index contributed by atoms with van der Waals surface area (Å²) in [6.45, 7) is 5.90. The van der Waals surface area contributed by atoms with Crippen molar-refractivity contribution in [2.24, 2.45) is 0 Å². The molecule has 0 aliphatic rings. The topological polar surface area (TPSA) is 81.1 Å². The van der Waals surface area contributed by atoms with Crippen molar-refractivity contribution in [2.45, 2.75) is 33.0 Å². The van der Waals surface area contributed by atoms with E-state index < -0.39 is 0 Å². The minimum absolute atomic E-state index is 0.213. The normalized spacial score (nSPS) is 11.2. The molecule has 0 aliphatic heterocycles. The monoisotopic (exact) mass is 271 g/mol. The van der Waals surface area contributed by atoms with E-state index >= 15 is 0 Å². The second-order valence-corrected chi connectivity index (χ2v) is 5.12. The standard InChI is InChI=1S/C15H21N5/c1-11(2)20(9-12-6-4-3-5-7-12)10-13-8-18-15(17)19-14(13)16/h3-8,11H,9-10H2,1-2H3,(H4,16,17,18,19). The predicted octanol–water partition coefficient (Wildman–Crippen LogP) is 2.05. The van der Waals surface area contributed by atoms with E-state index in [1.165, 1.54) is 5.56 Å². The Kier molecular flexibility index (Phi) is 4.53. The van der Waals surface area contributed by atoms with Crippen LogP contribution in [-0.2, 0) is 13.1 Å². The molecule has 1 aromatic heterocycles. The molecule has 5 nitrogen and oxygen atoms in total. The third kappa shape index (κ3) is 3.68. The van der Waals surface area contributed by atoms with Crippen LogP contribution in [0.2, 0.25) is 0 Å². The maximum Gasteiger partial charge on any atom is 0.221 e. The third-order valence-electron chi connectivity index (χ3n) is 3.25. The largest absolute Gasteiger partial charge is 0.383 e. The van der Waals surface area contributed by atoms with E-state index in [-0.39, 0.29) is 5.95 Å². The van der Waals surface area contributed by atoms with Crippen LogP contribution in [-0.4, -0.2) is 20.9 Å². The number of nitrogen functional groups attached to an aromatic ring is 2. The Morgan fingerprint density at radius 1 is 1.10 bits per heavy atom. The molecule has 0 spiro atoms. The first-order valence-corrected chi connectivity index (χ1v) is 6.71. The average Bonchev–Trinajstić information content (AvgIpc) is 2.42. The Morgan fingerprint density at radius 3 is 2.40 bits per heavy atom. The average molecular weight is 271 g/mol. The number of hydrogen-bond donors (Lipinski definition) is 2. The molecule has 0 unspecified atom stereocenters. The summed E-state index contributed by atoms with van der Waals surface area (Å²) in [5.41, 5.74) is 13.6. The number of hydrogen-bond acceptors (Lipinski definition) is 5. The fraction of sp³-hybridized carbons (Fsp3) is 0.333. The first kappa shape index (κ1) is 14.3. The van der Waals surface area contributed by atoms with E-state index in [0.29, 0.717) is 18.4 Å². The van der Waals surface area contributed by atoms with Crippen LogP contribution in [0, 0.1) is 0 Å². The molecule has 2 rings (SSSR count). The van der Waals surface area contributed by atoms with Crippen LogP contribution < -0.4 is 11.5 Å². The van der Waals surface area contributed by atoms with Crippen molar-refractivity contribution in [1.82, 2.24) is 14.9 Å². The number of nitrogens with two attached hydrogens (primary N) is 2. The summed E-state index contributed by atoms with van der Waals surface area (Å²) in [7, 11) is 0. The molecule has 0 saturated heterocycles. The molecule has 106 valence electrons. The maximum absolute atomic E-state index is 5.91.